The van der Waals surface area contributed by atoms with Crippen LogP contribution < -0.4 is 5.32 Å². The molecule has 0 aliphatic heterocycles. The van der Waals surface area contributed by atoms with Gasteiger partial charge in [-0.1, -0.05) is 5.16 Å². The molecule has 22 heavy (non-hydrogen) atoms. The van der Waals surface area contributed by atoms with Crippen LogP contribution in [0.4, 0.5) is 0 Å². The van der Waals surface area contributed by atoms with E-state index in [0.717, 1.165) is 12.8 Å². The number of nitrogens with one attached hydrogen (secondary N) is 1. The number of thioether (sulfide) groups is 1. The fourth-order valence-corrected chi connectivity index (χ4v) is 2.95. The molecular formula is C14H16N2O5S. The van der Waals surface area contributed by atoms with Gasteiger partial charge in [-0.25, -0.2) is 0 Å². The topological polar surface area (TPSA) is 98.5 Å². The van der Waals surface area contributed by atoms with Gasteiger partial charge < -0.3 is 14.6 Å². The minimum Gasteiger partial charge on any atom is -0.385 e. The van der Waals surface area contributed by atoms with Crippen LogP contribution in [0.15, 0.2) is 15.5 Å². The van der Waals surface area contributed by atoms with E-state index in [9.17, 15) is 14.4 Å². The summed E-state index contributed by atoms with van der Waals surface area (Å²) in [6.07, 6.45) is 2.97. The van der Waals surface area contributed by atoms with Gasteiger partial charge in [-0.05, 0) is 18.6 Å². The standard InChI is InChI=1S/C14H16N2O5S/c1-15-14(19)11-10-12(18)9(22-6-4-3-5-20-2)7-8(17)13(10)21-16-11/h7H,3-6H2,1-2H3,(H,15,19). The summed E-state index contributed by atoms with van der Waals surface area (Å²) in [7, 11) is 3.05. The van der Waals surface area contributed by atoms with E-state index in [1.165, 1.54) is 24.9 Å². The first-order valence-corrected chi connectivity index (χ1v) is 7.73. The first-order valence-electron chi connectivity index (χ1n) is 6.74. The van der Waals surface area contributed by atoms with Crippen molar-refractivity contribution in [2.24, 2.45) is 0 Å². The zero-order valence-electron chi connectivity index (χ0n) is 12.3. The second kappa shape index (κ2) is 7.37. The lowest BCUT2D eigenvalue weighted by molar-refractivity contribution is 0.0944. The lowest BCUT2D eigenvalue weighted by Gasteiger charge is -2.10. The van der Waals surface area contributed by atoms with Crippen molar-refractivity contribution in [3.8, 4) is 0 Å². The molecule has 1 aromatic heterocycles. The number of hydrogen-bond acceptors (Lipinski definition) is 7. The van der Waals surface area contributed by atoms with Crippen molar-refractivity contribution in [1.82, 2.24) is 10.5 Å². The highest BCUT2D eigenvalue weighted by Gasteiger charge is 2.35. The van der Waals surface area contributed by atoms with E-state index < -0.39 is 17.5 Å². The van der Waals surface area contributed by atoms with E-state index >= 15 is 0 Å². The van der Waals surface area contributed by atoms with Gasteiger partial charge in [-0.15, -0.1) is 11.8 Å². The van der Waals surface area contributed by atoms with Crippen molar-refractivity contribution < 1.29 is 23.6 Å². The Balaban J connectivity index is 2.13. The van der Waals surface area contributed by atoms with Crippen molar-refractivity contribution in [2.75, 3.05) is 26.5 Å². The number of Topliss-reactive ketones (excluding diaryl/α,β-unsaturated/α-hetero) is 1. The molecule has 2 rings (SSSR count). The molecule has 1 heterocycles. The van der Waals surface area contributed by atoms with E-state index in [-0.39, 0.29) is 17.0 Å². The molecule has 0 saturated carbocycles. The Morgan fingerprint density at radius 2 is 2.18 bits per heavy atom. The number of carbonyl (C=O) groups excluding carboxylic acids is 3. The molecule has 0 radical (unpaired) electrons. The highest BCUT2D eigenvalue weighted by Crippen LogP contribution is 2.30. The average Bonchev–Trinajstić information content (AvgIpc) is 2.96. The molecular weight excluding hydrogens is 308 g/mol. The Morgan fingerprint density at radius 3 is 2.86 bits per heavy atom. The molecule has 0 bridgehead atoms. The van der Waals surface area contributed by atoms with Crippen LogP contribution in [0.5, 0.6) is 0 Å². The summed E-state index contributed by atoms with van der Waals surface area (Å²) in [5, 5.41) is 5.91. The molecule has 8 heteroatoms. The quantitative estimate of drug-likeness (QED) is 0.758. The number of amides is 1. The lowest BCUT2D eigenvalue weighted by atomic mass is 10.00. The average molecular weight is 324 g/mol. The first kappa shape index (κ1) is 16.4. The molecule has 118 valence electrons. The molecule has 1 N–H and O–H groups in total. The number of unbranched alkanes of at least 4 members (excludes halogenated alkanes) is 1. The Hall–Kier alpha value is -1.93. The summed E-state index contributed by atoms with van der Waals surface area (Å²) >= 11 is 1.29. The van der Waals surface area contributed by atoms with Gasteiger partial charge in [0.05, 0.1) is 4.91 Å². The van der Waals surface area contributed by atoms with Crippen LogP contribution in [0.1, 0.15) is 44.2 Å². The molecule has 0 fully saturated rings. The number of hydrogen-bond donors (Lipinski definition) is 1. The fraction of sp³-hybridized carbons (Fsp3) is 0.429. The highest BCUT2D eigenvalue weighted by molar-refractivity contribution is 8.04. The molecule has 1 amide bonds. The van der Waals surface area contributed by atoms with Crippen LogP contribution >= 0.6 is 11.8 Å². The molecule has 0 spiro atoms. The van der Waals surface area contributed by atoms with Crippen LogP contribution in [-0.2, 0) is 4.74 Å². The number of allylic oxidation sites excluding steroid dienone is 2. The van der Waals surface area contributed by atoms with E-state index in [0.29, 0.717) is 17.3 Å². The molecule has 0 atom stereocenters. The molecule has 0 aromatic carbocycles. The maximum absolute atomic E-state index is 12.4. The molecule has 7 nitrogen and oxygen atoms in total. The summed E-state index contributed by atoms with van der Waals surface area (Å²) in [5.74, 6) is -0.892. The number of nitrogens with zero attached hydrogens (tertiary/aromatic N) is 1. The number of rotatable bonds is 7. The maximum atomic E-state index is 12.4. The molecule has 0 saturated heterocycles. The van der Waals surface area contributed by atoms with Crippen LogP contribution in [0.2, 0.25) is 0 Å². The number of carbonyl (C=O) groups is 3. The fourth-order valence-electron chi connectivity index (χ4n) is 1.95. The third kappa shape index (κ3) is 3.28. The third-order valence-corrected chi connectivity index (χ3v) is 4.18. The molecule has 1 aliphatic carbocycles. The van der Waals surface area contributed by atoms with Crippen molar-refractivity contribution in [2.45, 2.75) is 12.8 Å². The molecule has 1 aliphatic rings. The largest absolute Gasteiger partial charge is 0.385 e. The normalized spacial score (nSPS) is 13.8. The second-order valence-corrected chi connectivity index (χ2v) is 5.70. The van der Waals surface area contributed by atoms with Gasteiger partial charge in [-0.3, -0.25) is 14.4 Å². The van der Waals surface area contributed by atoms with E-state index in [1.54, 1.807) is 7.11 Å². The van der Waals surface area contributed by atoms with Crippen LogP contribution in [-0.4, -0.2) is 49.1 Å². The Bertz CT molecular complexity index is 635. The van der Waals surface area contributed by atoms with E-state index in [1.807, 2.05) is 0 Å². The first-order chi connectivity index (χ1) is 10.6. The second-order valence-electron chi connectivity index (χ2n) is 4.56. The van der Waals surface area contributed by atoms with Gasteiger partial charge in [0, 0.05) is 26.8 Å². The van der Waals surface area contributed by atoms with Crippen molar-refractivity contribution in [3.05, 3.63) is 28.0 Å². The van der Waals surface area contributed by atoms with Gasteiger partial charge >= 0.3 is 0 Å². The van der Waals surface area contributed by atoms with Crippen LogP contribution in [0, 0.1) is 0 Å². The predicted octanol–water partition coefficient (Wildman–Crippen LogP) is 1.46. The van der Waals surface area contributed by atoms with Crippen LogP contribution in [0.3, 0.4) is 0 Å². The molecule has 0 unspecified atom stereocenters. The smallest absolute Gasteiger partial charge is 0.274 e. The minimum atomic E-state index is -0.558. The third-order valence-electron chi connectivity index (χ3n) is 3.07. The van der Waals surface area contributed by atoms with Gasteiger partial charge in [0.15, 0.2) is 5.69 Å². The number of ether oxygens (including phenoxy) is 1. The van der Waals surface area contributed by atoms with Gasteiger partial charge in [0.1, 0.15) is 5.56 Å². The number of aromatic nitrogens is 1. The maximum Gasteiger partial charge on any atom is 0.274 e. The predicted molar refractivity (Wildman–Crippen MR) is 80.2 cm³/mol. The number of ketones is 2. The Morgan fingerprint density at radius 1 is 1.41 bits per heavy atom. The van der Waals surface area contributed by atoms with Crippen molar-refractivity contribution in [3.63, 3.8) is 0 Å². The summed E-state index contributed by atoms with van der Waals surface area (Å²) < 4.78 is 9.80. The monoisotopic (exact) mass is 324 g/mol. The van der Waals surface area contributed by atoms with E-state index in [2.05, 4.69) is 10.5 Å². The lowest BCUT2D eigenvalue weighted by Crippen LogP contribution is -2.23. The van der Waals surface area contributed by atoms with Gasteiger partial charge in [-0.2, -0.15) is 0 Å². The van der Waals surface area contributed by atoms with E-state index in [4.69, 9.17) is 9.26 Å². The zero-order valence-corrected chi connectivity index (χ0v) is 13.1. The number of fused-ring (bicyclic) bond motifs is 1. The van der Waals surface area contributed by atoms with Gasteiger partial charge in [0.25, 0.3) is 5.91 Å². The number of methoxy groups -OCH3 is 1. The molecule has 1 aromatic rings. The Labute approximate surface area is 131 Å². The minimum absolute atomic E-state index is 0.0498. The van der Waals surface area contributed by atoms with Crippen molar-refractivity contribution in [1.29, 1.82) is 0 Å². The highest BCUT2D eigenvalue weighted by atomic mass is 32.2. The zero-order chi connectivity index (χ0) is 16.1. The summed E-state index contributed by atoms with van der Waals surface area (Å²) in [6.45, 7) is 0.656. The van der Waals surface area contributed by atoms with Crippen LogP contribution in [0.25, 0.3) is 0 Å². The van der Waals surface area contributed by atoms with Gasteiger partial charge in [0.2, 0.25) is 17.3 Å². The summed E-state index contributed by atoms with van der Waals surface area (Å²) in [6, 6.07) is 0. The summed E-state index contributed by atoms with van der Waals surface area (Å²) in [5.41, 5.74) is -0.201. The van der Waals surface area contributed by atoms with Crippen molar-refractivity contribution >= 4 is 29.2 Å². The Kier molecular flexibility index (Phi) is 5.51. The summed E-state index contributed by atoms with van der Waals surface area (Å²) in [4.78, 5) is 36.4. The SMILES string of the molecule is CNC(=O)c1noc2c1C(=O)C(SCCCCOC)=CC2=O.